The van der Waals surface area contributed by atoms with Gasteiger partial charge in [-0.2, -0.15) is 0 Å². The summed E-state index contributed by atoms with van der Waals surface area (Å²) >= 11 is 0. The van der Waals surface area contributed by atoms with Crippen LogP contribution in [0.4, 0.5) is 0 Å². The number of nitrogens with two attached hydrogens (primary N) is 1. The molecule has 0 radical (unpaired) electrons. The van der Waals surface area contributed by atoms with Crippen LogP contribution in [0.2, 0.25) is 0 Å². The van der Waals surface area contributed by atoms with Gasteiger partial charge in [-0.3, -0.25) is 4.79 Å². The Kier molecular flexibility index (Phi) is 7.19. The minimum absolute atomic E-state index is 0.213. The molecule has 0 fully saturated rings. The lowest BCUT2D eigenvalue weighted by molar-refractivity contribution is -0.130. The van der Waals surface area contributed by atoms with Crippen LogP contribution in [-0.4, -0.2) is 30.9 Å². The van der Waals surface area contributed by atoms with Crippen LogP contribution in [0.3, 0.4) is 0 Å². The first-order chi connectivity index (χ1) is 9.17. The molecule has 2 N–H and O–H groups in total. The van der Waals surface area contributed by atoms with Crippen molar-refractivity contribution in [3.8, 4) is 0 Å². The van der Waals surface area contributed by atoms with Crippen LogP contribution in [0.1, 0.15) is 31.7 Å². The molecule has 0 aliphatic heterocycles. The van der Waals surface area contributed by atoms with E-state index in [9.17, 15) is 4.79 Å². The van der Waals surface area contributed by atoms with E-state index in [4.69, 9.17) is 5.73 Å². The molecule has 0 spiro atoms. The molecule has 0 saturated carbocycles. The zero-order valence-corrected chi connectivity index (χ0v) is 12.1. The maximum atomic E-state index is 12.0. The van der Waals surface area contributed by atoms with Crippen molar-refractivity contribution >= 4 is 5.91 Å². The quantitative estimate of drug-likeness (QED) is 0.782. The van der Waals surface area contributed by atoms with E-state index in [0.29, 0.717) is 18.9 Å². The summed E-state index contributed by atoms with van der Waals surface area (Å²) in [5.74, 6) is 0.537. The molecule has 0 aliphatic carbocycles. The number of hydrogen-bond donors (Lipinski definition) is 1. The second-order valence-electron chi connectivity index (χ2n) is 5.12. The van der Waals surface area contributed by atoms with E-state index < -0.39 is 0 Å². The third-order valence-electron chi connectivity index (χ3n) is 3.60. The molecule has 3 nitrogen and oxygen atoms in total. The van der Waals surface area contributed by atoms with Gasteiger partial charge in [-0.1, -0.05) is 43.7 Å². The Balaban J connectivity index is 2.27. The highest BCUT2D eigenvalue weighted by atomic mass is 16.2. The molecular formula is C16H26N2O. The van der Waals surface area contributed by atoms with Gasteiger partial charge >= 0.3 is 0 Å². The van der Waals surface area contributed by atoms with Crippen LogP contribution in [0.15, 0.2) is 30.3 Å². The highest BCUT2D eigenvalue weighted by Crippen LogP contribution is 2.09. The van der Waals surface area contributed by atoms with Gasteiger partial charge in [-0.05, 0) is 30.9 Å². The number of carbonyl (C=O) groups excluding carboxylic acids is 1. The topological polar surface area (TPSA) is 46.3 Å². The van der Waals surface area contributed by atoms with E-state index in [-0.39, 0.29) is 5.91 Å². The molecule has 0 aromatic heterocycles. The van der Waals surface area contributed by atoms with Gasteiger partial charge in [0.05, 0.1) is 0 Å². The summed E-state index contributed by atoms with van der Waals surface area (Å²) in [5.41, 5.74) is 6.97. The monoisotopic (exact) mass is 262 g/mol. The number of hydrogen-bond acceptors (Lipinski definition) is 2. The predicted molar refractivity (Wildman–Crippen MR) is 79.9 cm³/mol. The summed E-state index contributed by atoms with van der Waals surface area (Å²) in [7, 11) is 1.89. The third-order valence-corrected chi connectivity index (χ3v) is 3.60. The SMILES string of the molecule is CCC(CN)CC(=O)N(C)CCCc1ccccc1. The molecule has 0 saturated heterocycles. The third kappa shape index (κ3) is 5.88. The molecule has 19 heavy (non-hydrogen) atoms. The van der Waals surface area contributed by atoms with E-state index in [1.807, 2.05) is 18.0 Å². The van der Waals surface area contributed by atoms with E-state index in [1.54, 1.807) is 0 Å². The van der Waals surface area contributed by atoms with Crippen LogP contribution < -0.4 is 5.73 Å². The molecule has 0 bridgehead atoms. The smallest absolute Gasteiger partial charge is 0.222 e. The van der Waals surface area contributed by atoms with Crippen LogP contribution in [-0.2, 0) is 11.2 Å². The second-order valence-corrected chi connectivity index (χ2v) is 5.12. The normalized spacial score (nSPS) is 12.2. The standard InChI is InChI=1S/C16H26N2O/c1-3-14(13-17)12-16(19)18(2)11-7-10-15-8-5-4-6-9-15/h4-6,8-9,14H,3,7,10-13,17H2,1-2H3. The fraction of sp³-hybridized carbons (Fsp3) is 0.562. The highest BCUT2D eigenvalue weighted by molar-refractivity contribution is 5.76. The fourth-order valence-corrected chi connectivity index (χ4v) is 2.09. The number of amides is 1. The zero-order chi connectivity index (χ0) is 14.1. The number of aryl methyl sites for hydroxylation is 1. The number of benzene rings is 1. The first kappa shape index (κ1) is 15.7. The van der Waals surface area contributed by atoms with E-state index in [0.717, 1.165) is 25.8 Å². The van der Waals surface area contributed by atoms with Crippen molar-refractivity contribution in [1.29, 1.82) is 0 Å². The van der Waals surface area contributed by atoms with Gasteiger partial charge in [0.1, 0.15) is 0 Å². The minimum atomic E-state index is 0.213. The van der Waals surface area contributed by atoms with Crippen molar-refractivity contribution in [3.63, 3.8) is 0 Å². The number of rotatable bonds is 8. The Morgan fingerprint density at radius 2 is 2.00 bits per heavy atom. The first-order valence-electron chi connectivity index (χ1n) is 7.15. The van der Waals surface area contributed by atoms with Crippen molar-refractivity contribution in [2.45, 2.75) is 32.6 Å². The molecule has 0 aliphatic rings. The van der Waals surface area contributed by atoms with Gasteiger partial charge in [0.15, 0.2) is 0 Å². The maximum Gasteiger partial charge on any atom is 0.222 e. The lowest BCUT2D eigenvalue weighted by Crippen LogP contribution is -2.31. The van der Waals surface area contributed by atoms with Gasteiger partial charge in [-0.25, -0.2) is 0 Å². The molecule has 3 heteroatoms. The Bertz CT molecular complexity index is 360. The molecule has 0 heterocycles. The summed E-state index contributed by atoms with van der Waals surface area (Å²) in [5, 5.41) is 0. The Hall–Kier alpha value is -1.35. The Labute approximate surface area is 116 Å². The molecule has 1 aromatic carbocycles. The molecule has 1 atom stereocenters. The maximum absolute atomic E-state index is 12.0. The molecular weight excluding hydrogens is 236 g/mol. The summed E-state index contributed by atoms with van der Waals surface area (Å²) < 4.78 is 0. The molecule has 1 aromatic rings. The lowest BCUT2D eigenvalue weighted by Gasteiger charge is -2.20. The highest BCUT2D eigenvalue weighted by Gasteiger charge is 2.13. The summed E-state index contributed by atoms with van der Waals surface area (Å²) in [6, 6.07) is 10.4. The van der Waals surface area contributed by atoms with Crippen LogP contribution in [0, 0.1) is 5.92 Å². The van der Waals surface area contributed by atoms with E-state index >= 15 is 0 Å². The van der Waals surface area contributed by atoms with E-state index in [1.165, 1.54) is 5.56 Å². The van der Waals surface area contributed by atoms with Crippen LogP contribution in [0.5, 0.6) is 0 Å². The van der Waals surface area contributed by atoms with Crippen LogP contribution >= 0.6 is 0 Å². The summed E-state index contributed by atoms with van der Waals surface area (Å²) in [6.07, 6.45) is 3.58. The predicted octanol–water partition coefficient (Wildman–Crippen LogP) is 2.45. The average Bonchev–Trinajstić information content (AvgIpc) is 2.45. The van der Waals surface area contributed by atoms with Crippen molar-refractivity contribution in [2.24, 2.45) is 11.7 Å². The number of carbonyl (C=O) groups is 1. The number of nitrogens with zero attached hydrogens (tertiary/aromatic N) is 1. The summed E-state index contributed by atoms with van der Waals surface area (Å²) in [6.45, 7) is 3.50. The molecule has 106 valence electrons. The van der Waals surface area contributed by atoms with Crippen molar-refractivity contribution < 1.29 is 4.79 Å². The van der Waals surface area contributed by atoms with Crippen LogP contribution in [0.25, 0.3) is 0 Å². The Morgan fingerprint density at radius 1 is 1.32 bits per heavy atom. The Morgan fingerprint density at radius 3 is 2.58 bits per heavy atom. The van der Waals surface area contributed by atoms with Gasteiger partial charge in [0.25, 0.3) is 0 Å². The zero-order valence-electron chi connectivity index (χ0n) is 12.1. The lowest BCUT2D eigenvalue weighted by atomic mass is 10.0. The van der Waals surface area contributed by atoms with Gasteiger partial charge in [-0.15, -0.1) is 0 Å². The van der Waals surface area contributed by atoms with Gasteiger partial charge in [0.2, 0.25) is 5.91 Å². The molecule has 1 rings (SSSR count). The second kappa shape index (κ2) is 8.70. The van der Waals surface area contributed by atoms with Crippen molar-refractivity contribution in [2.75, 3.05) is 20.1 Å². The minimum Gasteiger partial charge on any atom is -0.346 e. The average molecular weight is 262 g/mol. The largest absolute Gasteiger partial charge is 0.346 e. The van der Waals surface area contributed by atoms with Gasteiger partial charge in [0, 0.05) is 20.0 Å². The first-order valence-corrected chi connectivity index (χ1v) is 7.15. The fourth-order valence-electron chi connectivity index (χ4n) is 2.09. The van der Waals surface area contributed by atoms with E-state index in [2.05, 4.69) is 31.2 Å². The molecule has 1 unspecified atom stereocenters. The van der Waals surface area contributed by atoms with Gasteiger partial charge < -0.3 is 10.6 Å². The summed E-state index contributed by atoms with van der Waals surface area (Å²) in [4.78, 5) is 13.8. The molecule has 1 amide bonds. The van der Waals surface area contributed by atoms with Crippen molar-refractivity contribution in [3.05, 3.63) is 35.9 Å². The van der Waals surface area contributed by atoms with Crippen molar-refractivity contribution in [1.82, 2.24) is 4.90 Å².